The van der Waals surface area contributed by atoms with Crippen LogP contribution in [-0.2, 0) is 9.59 Å². The van der Waals surface area contributed by atoms with Gasteiger partial charge >= 0.3 is 18.1 Å². The van der Waals surface area contributed by atoms with E-state index in [1.807, 2.05) is 0 Å². The number of likely N-dealkylation sites (tertiary alicyclic amines) is 1. The van der Waals surface area contributed by atoms with Crippen LogP contribution in [0.3, 0.4) is 0 Å². The third-order valence-corrected chi connectivity index (χ3v) is 3.32. The lowest BCUT2D eigenvalue weighted by Crippen LogP contribution is -2.53. The van der Waals surface area contributed by atoms with Gasteiger partial charge in [-0.05, 0) is 25.2 Å². The van der Waals surface area contributed by atoms with E-state index in [1.165, 1.54) is 0 Å². The van der Waals surface area contributed by atoms with Crippen molar-refractivity contribution in [2.75, 3.05) is 0 Å². The van der Waals surface area contributed by atoms with Gasteiger partial charge in [0.25, 0.3) is 0 Å². The van der Waals surface area contributed by atoms with Gasteiger partial charge in [-0.25, -0.2) is 4.79 Å². The van der Waals surface area contributed by atoms with Crippen molar-refractivity contribution >= 4 is 11.9 Å². The highest BCUT2D eigenvalue weighted by Gasteiger charge is 2.57. The van der Waals surface area contributed by atoms with E-state index in [0.717, 1.165) is 0 Å². The van der Waals surface area contributed by atoms with Gasteiger partial charge in [0.1, 0.15) is 6.04 Å². The fraction of sp³-hybridized carbons (Fsp3) is 0.778. The Morgan fingerprint density at radius 2 is 1.88 bits per heavy atom. The van der Waals surface area contributed by atoms with Crippen LogP contribution in [0.25, 0.3) is 0 Å². The van der Waals surface area contributed by atoms with Crippen molar-refractivity contribution < 1.29 is 27.9 Å². The van der Waals surface area contributed by atoms with E-state index in [0.29, 0.717) is 24.2 Å². The number of carboxylic acid groups (broad SMARTS) is 1. The lowest BCUT2D eigenvalue weighted by molar-refractivity contribution is -0.191. The number of amides is 1. The Balaban J connectivity index is 2.26. The summed E-state index contributed by atoms with van der Waals surface area (Å²) in [5, 5.41) is 8.86. The van der Waals surface area contributed by atoms with Gasteiger partial charge in [-0.15, -0.1) is 0 Å². The second kappa shape index (κ2) is 3.36. The van der Waals surface area contributed by atoms with Crippen molar-refractivity contribution in [3.05, 3.63) is 0 Å². The first-order valence-electron chi connectivity index (χ1n) is 4.94. The first kappa shape index (κ1) is 11.2. The second-order valence-electron chi connectivity index (χ2n) is 4.22. The second-order valence-corrected chi connectivity index (χ2v) is 4.22. The van der Waals surface area contributed by atoms with Crippen LogP contribution in [-0.4, -0.2) is 40.1 Å². The molecule has 1 aliphatic heterocycles. The Bertz CT molecular complexity index is 341. The molecule has 90 valence electrons. The normalized spacial score (nSPS) is 33.2. The molecule has 1 N–H and O–H groups in total. The molecule has 7 heteroatoms. The van der Waals surface area contributed by atoms with E-state index in [9.17, 15) is 22.8 Å². The Morgan fingerprint density at radius 1 is 1.25 bits per heavy atom. The molecule has 2 fully saturated rings. The molecule has 16 heavy (non-hydrogen) atoms. The summed E-state index contributed by atoms with van der Waals surface area (Å²) in [4.78, 5) is 22.5. The van der Waals surface area contributed by atoms with Gasteiger partial charge in [-0.2, -0.15) is 13.2 Å². The standard InChI is InChI=1S/C9H10F3NO3/c10-9(11,12)8(16)13-5-2-1-4(3-5)6(13)7(14)15/h4-6H,1-3H2,(H,14,15). The van der Waals surface area contributed by atoms with Crippen LogP contribution in [0.2, 0.25) is 0 Å². The molecular formula is C9H10F3NO3. The number of carboxylic acids is 1. The third kappa shape index (κ3) is 1.54. The van der Waals surface area contributed by atoms with Crippen LogP contribution in [0.5, 0.6) is 0 Å². The molecule has 1 aliphatic carbocycles. The molecule has 0 aromatic heterocycles. The molecule has 2 aliphatic rings. The minimum absolute atomic E-state index is 0.325. The number of aliphatic carboxylic acids is 1. The molecule has 3 atom stereocenters. The van der Waals surface area contributed by atoms with E-state index < -0.39 is 30.1 Å². The summed E-state index contributed by atoms with van der Waals surface area (Å²) in [6.45, 7) is 0. The molecule has 2 rings (SSSR count). The summed E-state index contributed by atoms with van der Waals surface area (Å²) in [6.07, 6.45) is -3.56. The zero-order valence-corrected chi connectivity index (χ0v) is 8.20. The molecule has 2 bridgehead atoms. The maximum absolute atomic E-state index is 12.3. The van der Waals surface area contributed by atoms with E-state index in [1.54, 1.807) is 0 Å². The average molecular weight is 237 g/mol. The summed E-state index contributed by atoms with van der Waals surface area (Å²) >= 11 is 0. The van der Waals surface area contributed by atoms with Crippen LogP contribution in [0.1, 0.15) is 19.3 Å². The summed E-state index contributed by atoms with van der Waals surface area (Å²) in [7, 11) is 0. The predicted octanol–water partition coefficient (Wildman–Crippen LogP) is 1.01. The lowest BCUT2D eigenvalue weighted by atomic mass is 9.99. The SMILES string of the molecule is O=C(O)C1C2CCC(C2)N1C(=O)C(F)(F)F. The minimum atomic E-state index is -4.99. The molecule has 0 aromatic rings. The largest absolute Gasteiger partial charge is 0.480 e. The predicted molar refractivity (Wildman–Crippen MR) is 45.5 cm³/mol. The molecule has 4 nitrogen and oxygen atoms in total. The van der Waals surface area contributed by atoms with Gasteiger partial charge in [0.05, 0.1) is 0 Å². The maximum atomic E-state index is 12.3. The van der Waals surface area contributed by atoms with E-state index >= 15 is 0 Å². The summed E-state index contributed by atoms with van der Waals surface area (Å²) in [6, 6.07) is -1.85. The number of hydrogen-bond donors (Lipinski definition) is 1. The Hall–Kier alpha value is -1.27. The van der Waals surface area contributed by atoms with E-state index in [4.69, 9.17) is 5.11 Å². The van der Waals surface area contributed by atoms with E-state index in [2.05, 4.69) is 0 Å². The third-order valence-electron chi connectivity index (χ3n) is 3.32. The van der Waals surface area contributed by atoms with Crippen molar-refractivity contribution in [1.29, 1.82) is 0 Å². The molecule has 1 saturated heterocycles. The fourth-order valence-electron chi connectivity index (χ4n) is 2.74. The van der Waals surface area contributed by atoms with Gasteiger partial charge < -0.3 is 10.0 Å². The van der Waals surface area contributed by atoms with E-state index in [-0.39, 0.29) is 5.92 Å². The highest BCUT2D eigenvalue weighted by molar-refractivity contribution is 5.88. The molecule has 1 amide bonds. The number of rotatable bonds is 1. The topological polar surface area (TPSA) is 57.6 Å². The van der Waals surface area contributed by atoms with Crippen molar-refractivity contribution in [3.8, 4) is 0 Å². The zero-order chi connectivity index (χ0) is 12.1. The number of alkyl halides is 3. The summed E-state index contributed by atoms with van der Waals surface area (Å²) < 4.78 is 36.8. The van der Waals surface area contributed by atoms with Crippen LogP contribution < -0.4 is 0 Å². The molecule has 0 aromatic carbocycles. The molecule has 3 unspecified atom stereocenters. The lowest BCUT2D eigenvalue weighted by Gasteiger charge is -2.32. The molecular weight excluding hydrogens is 227 g/mol. The first-order valence-corrected chi connectivity index (χ1v) is 4.94. The van der Waals surface area contributed by atoms with Crippen molar-refractivity contribution in [2.24, 2.45) is 5.92 Å². The summed E-state index contributed by atoms with van der Waals surface area (Å²) in [5.74, 6) is -3.69. The number of nitrogens with zero attached hydrogens (tertiary/aromatic N) is 1. The maximum Gasteiger partial charge on any atom is 0.471 e. The number of piperidine rings is 1. The molecule has 1 saturated carbocycles. The van der Waals surface area contributed by atoms with Gasteiger partial charge in [0.2, 0.25) is 0 Å². The smallest absolute Gasteiger partial charge is 0.471 e. The van der Waals surface area contributed by atoms with Crippen LogP contribution in [0.4, 0.5) is 13.2 Å². The monoisotopic (exact) mass is 237 g/mol. The van der Waals surface area contributed by atoms with Gasteiger partial charge in [-0.1, -0.05) is 0 Å². The zero-order valence-electron chi connectivity index (χ0n) is 8.20. The number of fused-ring (bicyclic) bond motifs is 2. The molecule has 0 spiro atoms. The van der Waals surface area contributed by atoms with Crippen molar-refractivity contribution in [1.82, 2.24) is 4.90 Å². The fourth-order valence-corrected chi connectivity index (χ4v) is 2.74. The van der Waals surface area contributed by atoms with Crippen LogP contribution >= 0.6 is 0 Å². The van der Waals surface area contributed by atoms with Crippen molar-refractivity contribution in [2.45, 2.75) is 37.5 Å². The van der Waals surface area contributed by atoms with Crippen LogP contribution in [0.15, 0.2) is 0 Å². The minimum Gasteiger partial charge on any atom is -0.480 e. The Labute approximate surface area is 89.0 Å². The van der Waals surface area contributed by atoms with Crippen LogP contribution in [0, 0.1) is 5.92 Å². The molecule has 0 radical (unpaired) electrons. The number of halogens is 3. The number of carbonyl (C=O) groups excluding carboxylic acids is 1. The average Bonchev–Trinajstić information content (AvgIpc) is 2.72. The van der Waals surface area contributed by atoms with Gasteiger partial charge in [0.15, 0.2) is 0 Å². The quantitative estimate of drug-likeness (QED) is 0.740. The highest BCUT2D eigenvalue weighted by Crippen LogP contribution is 2.44. The highest BCUT2D eigenvalue weighted by atomic mass is 19.4. The van der Waals surface area contributed by atoms with Gasteiger partial charge in [0, 0.05) is 6.04 Å². The Morgan fingerprint density at radius 3 is 2.38 bits per heavy atom. The Kier molecular flexibility index (Phi) is 2.36. The number of hydrogen-bond acceptors (Lipinski definition) is 2. The summed E-state index contributed by atoms with van der Waals surface area (Å²) in [5.41, 5.74) is 0. The number of carbonyl (C=O) groups is 2. The molecule has 1 heterocycles. The van der Waals surface area contributed by atoms with Gasteiger partial charge in [-0.3, -0.25) is 4.79 Å². The first-order chi connectivity index (χ1) is 7.32. The van der Waals surface area contributed by atoms with Crippen molar-refractivity contribution in [3.63, 3.8) is 0 Å².